The van der Waals surface area contributed by atoms with Crippen molar-refractivity contribution in [3.05, 3.63) is 22.4 Å². The van der Waals surface area contributed by atoms with Gasteiger partial charge in [-0.3, -0.25) is 4.48 Å². The van der Waals surface area contributed by atoms with E-state index in [-0.39, 0.29) is 12.4 Å². The maximum Gasteiger partial charge on any atom is 0.139 e. The maximum absolute atomic E-state index is 2.57. The zero-order valence-corrected chi connectivity index (χ0v) is 11.3. The minimum Gasteiger partial charge on any atom is -1.00 e. The van der Waals surface area contributed by atoms with Gasteiger partial charge in [0.2, 0.25) is 0 Å². The van der Waals surface area contributed by atoms with Crippen molar-refractivity contribution in [2.24, 2.45) is 0 Å². The fraction of sp³-hybridized carbons (Fsp3) is 0.636. The minimum atomic E-state index is 0. The number of hydrogen-bond acceptors (Lipinski definition) is 4. The Hall–Kier alpha value is -0.170. The number of halogens is 1. The van der Waals surface area contributed by atoms with Crippen molar-refractivity contribution in [1.82, 2.24) is 14.7 Å². The van der Waals surface area contributed by atoms with Crippen LogP contribution >= 0.6 is 11.3 Å². The van der Waals surface area contributed by atoms with E-state index >= 15 is 0 Å². The normalized spacial score (nSPS) is 42.5. The second-order valence-electron chi connectivity index (χ2n) is 5.44. The van der Waals surface area contributed by atoms with Crippen LogP contribution in [0.2, 0.25) is 0 Å². The molecule has 0 aliphatic carbocycles. The summed E-state index contributed by atoms with van der Waals surface area (Å²) in [7, 11) is 0. The van der Waals surface area contributed by atoms with E-state index in [2.05, 4.69) is 32.2 Å². The molecule has 1 aromatic heterocycles. The number of thiophene rings is 1. The molecule has 1 aromatic rings. The molecule has 0 radical (unpaired) electrons. The Kier molecular flexibility index (Phi) is 2.93. The maximum atomic E-state index is 2.57. The Morgan fingerprint density at radius 3 is 2.12 bits per heavy atom. The van der Waals surface area contributed by atoms with Crippen LogP contribution in [0, 0.1) is 0 Å². The second-order valence-corrected chi connectivity index (χ2v) is 6.47. The first-order valence-electron chi connectivity index (χ1n) is 5.86. The van der Waals surface area contributed by atoms with Gasteiger partial charge in [0.05, 0.1) is 24.9 Å². The quantitative estimate of drug-likeness (QED) is 0.564. The molecule has 0 atom stereocenters. The van der Waals surface area contributed by atoms with Gasteiger partial charge in [-0.2, -0.15) is 0 Å². The van der Waals surface area contributed by atoms with E-state index in [1.807, 2.05) is 11.3 Å². The second kappa shape index (κ2) is 4.19. The molecule has 0 N–H and O–H groups in total. The lowest BCUT2D eigenvalue weighted by molar-refractivity contribution is -0.991. The zero-order chi connectivity index (χ0) is 10.6. The fourth-order valence-corrected chi connectivity index (χ4v) is 4.38. The molecule has 6 heteroatoms. The van der Waals surface area contributed by atoms with Crippen LogP contribution in [0.5, 0.6) is 0 Å². The Bertz CT molecular complexity index is 359. The van der Waals surface area contributed by atoms with Gasteiger partial charge in [-0.1, -0.05) is 6.07 Å². The lowest BCUT2D eigenvalue weighted by Crippen LogP contribution is -3.00. The third-order valence-corrected chi connectivity index (χ3v) is 4.63. The van der Waals surface area contributed by atoms with Crippen LogP contribution < -0.4 is 12.4 Å². The lowest BCUT2D eigenvalue weighted by Gasteiger charge is -2.60. The highest BCUT2D eigenvalue weighted by Crippen LogP contribution is 2.31. The molecule has 0 saturated carbocycles. The monoisotopic (exact) mass is 272 g/mol. The fourth-order valence-electron chi connectivity index (χ4n) is 3.54. The van der Waals surface area contributed by atoms with Crippen molar-refractivity contribution >= 4 is 11.3 Å². The van der Waals surface area contributed by atoms with Gasteiger partial charge in [0, 0.05) is 0 Å². The molecule has 4 aliphatic heterocycles. The SMILES string of the molecule is [Cl-].c1csc(C[N+]23CN4CN(CN(C4)C2)C3)c1. The van der Waals surface area contributed by atoms with E-state index in [1.165, 1.54) is 55.9 Å². The highest BCUT2D eigenvalue weighted by atomic mass is 35.5. The smallest absolute Gasteiger partial charge is 0.139 e. The number of hydrogen-bond donors (Lipinski definition) is 0. The molecule has 94 valence electrons. The van der Waals surface area contributed by atoms with E-state index in [0.717, 1.165) is 0 Å². The van der Waals surface area contributed by atoms with Crippen molar-refractivity contribution in [2.45, 2.75) is 6.54 Å². The molecule has 4 fully saturated rings. The third-order valence-electron chi connectivity index (χ3n) is 3.77. The first-order chi connectivity index (χ1) is 7.81. The van der Waals surface area contributed by atoms with Crippen LogP contribution in [0.3, 0.4) is 0 Å². The number of rotatable bonds is 2. The molecule has 4 nitrogen and oxygen atoms in total. The summed E-state index contributed by atoms with van der Waals surface area (Å²) in [5.41, 5.74) is 0. The van der Waals surface area contributed by atoms with Crippen LogP contribution in [0.1, 0.15) is 4.88 Å². The van der Waals surface area contributed by atoms with Crippen LogP contribution in [0.4, 0.5) is 0 Å². The van der Waals surface area contributed by atoms with E-state index in [4.69, 9.17) is 0 Å². The van der Waals surface area contributed by atoms with Crippen LogP contribution in [-0.4, -0.2) is 59.2 Å². The van der Waals surface area contributed by atoms with Gasteiger partial charge in [0.1, 0.15) is 26.6 Å². The summed E-state index contributed by atoms with van der Waals surface area (Å²) < 4.78 is 1.22. The number of quaternary nitrogens is 1. The van der Waals surface area contributed by atoms with Crippen LogP contribution in [0.15, 0.2) is 17.5 Å². The summed E-state index contributed by atoms with van der Waals surface area (Å²) >= 11 is 1.90. The molecule has 17 heavy (non-hydrogen) atoms. The molecule has 4 aliphatic rings. The summed E-state index contributed by atoms with van der Waals surface area (Å²) in [5.74, 6) is 0. The molecule has 0 unspecified atom stereocenters. The van der Waals surface area contributed by atoms with Gasteiger partial charge in [-0.25, -0.2) is 14.7 Å². The molecule has 0 amide bonds. The van der Waals surface area contributed by atoms with E-state index < -0.39 is 0 Å². The van der Waals surface area contributed by atoms with Gasteiger partial charge >= 0.3 is 0 Å². The Morgan fingerprint density at radius 2 is 1.65 bits per heavy atom. The van der Waals surface area contributed by atoms with Gasteiger partial charge < -0.3 is 12.4 Å². The molecule has 4 bridgehead atoms. The highest BCUT2D eigenvalue weighted by molar-refractivity contribution is 7.09. The van der Waals surface area contributed by atoms with Crippen LogP contribution in [0.25, 0.3) is 0 Å². The first-order valence-corrected chi connectivity index (χ1v) is 6.74. The summed E-state index contributed by atoms with van der Waals surface area (Å²) in [5, 5.41) is 2.20. The van der Waals surface area contributed by atoms with E-state index in [9.17, 15) is 0 Å². The summed E-state index contributed by atoms with van der Waals surface area (Å²) in [6.45, 7) is 8.48. The molecule has 5 rings (SSSR count). The first kappa shape index (κ1) is 11.9. The zero-order valence-electron chi connectivity index (χ0n) is 9.76. The highest BCUT2D eigenvalue weighted by Gasteiger charge is 2.48. The minimum absolute atomic E-state index is 0. The summed E-state index contributed by atoms with van der Waals surface area (Å²) in [6.07, 6.45) is 0. The van der Waals surface area contributed by atoms with E-state index in [1.54, 1.807) is 0 Å². The van der Waals surface area contributed by atoms with Gasteiger partial charge in [-0.05, 0) is 11.4 Å². The Morgan fingerprint density at radius 1 is 1.06 bits per heavy atom. The lowest BCUT2D eigenvalue weighted by atomic mass is 10.2. The predicted octanol–water partition coefficient (Wildman–Crippen LogP) is -2.24. The van der Waals surface area contributed by atoms with E-state index in [0.29, 0.717) is 0 Å². The molecular weight excluding hydrogens is 256 g/mol. The molecular formula is C11H17ClN4S. The van der Waals surface area contributed by atoms with Crippen molar-refractivity contribution in [3.8, 4) is 0 Å². The van der Waals surface area contributed by atoms with Gasteiger partial charge in [0.15, 0.2) is 0 Å². The van der Waals surface area contributed by atoms with Gasteiger partial charge in [-0.15, -0.1) is 11.3 Å². The summed E-state index contributed by atoms with van der Waals surface area (Å²) in [6, 6.07) is 4.45. The largest absolute Gasteiger partial charge is 1.00 e. The van der Waals surface area contributed by atoms with Crippen molar-refractivity contribution < 1.29 is 16.9 Å². The molecule has 0 aromatic carbocycles. The van der Waals surface area contributed by atoms with Crippen molar-refractivity contribution in [3.63, 3.8) is 0 Å². The van der Waals surface area contributed by atoms with Crippen molar-refractivity contribution in [2.75, 3.05) is 40.0 Å². The van der Waals surface area contributed by atoms with Gasteiger partial charge in [0.25, 0.3) is 0 Å². The molecule has 5 heterocycles. The molecule has 0 spiro atoms. The Balaban J connectivity index is 0.000000902. The predicted molar refractivity (Wildman–Crippen MR) is 63.0 cm³/mol. The Labute approximate surface area is 112 Å². The van der Waals surface area contributed by atoms with Crippen molar-refractivity contribution in [1.29, 1.82) is 0 Å². The standard InChI is InChI=1S/C11H17N4S.ClH/c1-2-11(16-3-1)4-15-8-12-5-13(9-15)7-14(6-12)10-15;/h1-3H,4-10H2;1H/q+1;/p-1. The average molecular weight is 273 g/mol. The number of nitrogens with zero attached hydrogens (tertiary/aromatic N) is 4. The summed E-state index contributed by atoms with van der Waals surface area (Å²) in [4.78, 5) is 9.25. The average Bonchev–Trinajstić information content (AvgIpc) is 2.66. The molecule has 4 saturated heterocycles. The third kappa shape index (κ3) is 2.01. The topological polar surface area (TPSA) is 9.72 Å². The van der Waals surface area contributed by atoms with Crippen LogP contribution in [-0.2, 0) is 6.54 Å².